The van der Waals surface area contributed by atoms with Crippen LogP contribution in [-0.2, 0) is 23.2 Å². The van der Waals surface area contributed by atoms with Gasteiger partial charge in [-0.1, -0.05) is 6.92 Å². The number of carboxylic acids is 1. The summed E-state index contributed by atoms with van der Waals surface area (Å²) in [4.78, 5) is 22.1. The lowest BCUT2D eigenvalue weighted by molar-refractivity contribution is -0.138. The van der Waals surface area contributed by atoms with Gasteiger partial charge in [-0.05, 0) is 12.8 Å². The molecule has 0 aromatic carbocycles. The smallest absolute Gasteiger partial charge is 0.303 e. The highest BCUT2D eigenvalue weighted by molar-refractivity contribution is 5.77. The molecule has 0 aliphatic carbocycles. The molecule has 0 aliphatic heterocycles. The highest BCUT2D eigenvalue weighted by atomic mass is 16.4. The molecule has 6 heteroatoms. The number of carbonyl (C=O) groups excluding carboxylic acids is 1. The molecule has 1 atom stereocenters. The van der Waals surface area contributed by atoms with E-state index in [9.17, 15) is 9.59 Å². The van der Waals surface area contributed by atoms with Crippen molar-refractivity contribution in [3.05, 3.63) is 17.5 Å². The van der Waals surface area contributed by atoms with Crippen molar-refractivity contribution < 1.29 is 14.7 Å². The second kappa shape index (κ2) is 6.18. The molecule has 6 nitrogen and oxygen atoms in total. The van der Waals surface area contributed by atoms with Crippen molar-refractivity contribution in [2.45, 2.75) is 33.2 Å². The number of amides is 1. The van der Waals surface area contributed by atoms with Gasteiger partial charge in [0, 0.05) is 38.2 Å². The van der Waals surface area contributed by atoms with Gasteiger partial charge in [0.25, 0.3) is 0 Å². The van der Waals surface area contributed by atoms with Crippen molar-refractivity contribution in [2.75, 3.05) is 0 Å². The number of nitrogens with zero attached hydrogens (tertiary/aromatic N) is 2. The van der Waals surface area contributed by atoms with Crippen molar-refractivity contribution in [2.24, 2.45) is 13.0 Å². The Hall–Kier alpha value is -1.85. The first-order chi connectivity index (χ1) is 8.38. The Morgan fingerprint density at radius 2 is 2.17 bits per heavy atom. The topological polar surface area (TPSA) is 84.2 Å². The summed E-state index contributed by atoms with van der Waals surface area (Å²) < 4.78 is 1.70. The number of nitrogens with one attached hydrogen (secondary N) is 1. The molecule has 1 heterocycles. The largest absolute Gasteiger partial charge is 0.481 e. The van der Waals surface area contributed by atoms with Crippen LogP contribution in [0.15, 0.2) is 6.20 Å². The SMILES string of the molecule is Cc1nn(C)cc1CNC(=O)CC(C)CC(=O)O. The zero-order valence-corrected chi connectivity index (χ0v) is 10.9. The summed E-state index contributed by atoms with van der Waals surface area (Å²) in [6, 6.07) is 0. The first-order valence-corrected chi connectivity index (χ1v) is 5.86. The molecule has 0 fully saturated rings. The highest BCUT2D eigenvalue weighted by Gasteiger charge is 2.13. The number of rotatable bonds is 6. The van der Waals surface area contributed by atoms with Gasteiger partial charge in [-0.2, -0.15) is 5.10 Å². The zero-order valence-electron chi connectivity index (χ0n) is 10.9. The summed E-state index contributed by atoms with van der Waals surface area (Å²) in [5, 5.41) is 15.6. The predicted molar refractivity (Wildman–Crippen MR) is 65.8 cm³/mol. The van der Waals surface area contributed by atoms with Crippen LogP contribution in [0.25, 0.3) is 0 Å². The normalized spacial score (nSPS) is 12.2. The molecule has 0 saturated heterocycles. The maximum atomic E-state index is 11.6. The third-order valence-electron chi connectivity index (χ3n) is 2.65. The summed E-state index contributed by atoms with van der Waals surface area (Å²) in [5.41, 5.74) is 1.85. The quantitative estimate of drug-likeness (QED) is 0.787. The van der Waals surface area contributed by atoms with Crippen LogP contribution < -0.4 is 5.32 Å². The molecule has 0 saturated carbocycles. The van der Waals surface area contributed by atoms with E-state index >= 15 is 0 Å². The Labute approximate surface area is 106 Å². The van der Waals surface area contributed by atoms with Gasteiger partial charge in [-0.15, -0.1) is 0 Å². The van der Waals surface area contributed by atoms with E-state index in [1.165, 1.54) is 0 Å². The predicted octanol–water partition coefficient (Wildman–Crippen LogP) is 0.846. The van der Waals surface area contributed by atoms with E-state index in [-0.39, 0.29) is 24.7 Å². The van der Waals surface area contributed by atoms with E-state index in [4.69, 9.17) is 5.11 Å². The molecule has 0 radical (unpaired) electrons. The first kappa shape index (κ1) is 14.2. The molecule has 18 heavy (non-hydrogen) atoms. The van der Waals surface area contributed by atoms with Crippen molar-refractivity contribution in [3.63, 3.8) is 0 Å². The third kappa shape index (κ3) is 4.57. The first-order valence-electron chi connectivity index (χ1n) is 5.86. The number of aliphatic carboxylic acids is 1. The van der Waals surface area contributed by atoms with Crippen molar-refractivity contribution in [3.8, 4) is 0 Å². The fourth-order valence-electron chi connectivity index (χ4n) is 1.77. The van der Waals surface area contributed by atoms with E-state index < -0.39 is 5.97 Å². The van der Waals surface area contributed by atoms with Crippen LogP contribution in [0.1, 0.15) is 31.0 Å². The number of carbonyl (C=O) groups is 2. The molecule has 0 spiro atoms. The van der Waals surface area contributed by atoms with E-state index in [1.807, 2.05) is 20.2 Å². The van der Waals surface area contributed by atoms with Crippen LogP contribution in [0.2, 0.25) is 0 Å². The average Bonchev–Trinajstić information content (AvgIpc) is 2.53. The molecule has 2 N–H and O–H groups in total. The fraction of sp³-hybridized carbons (Fsp3) is 0.583. The van der Waals surface area contributed by atoms with Crippen LogP contribution in [0.3, 0.4) is 0 Å². The fourth-order valence-corrected chi connectivity index (χ4v) is 1.77. The summed E-state index contributed by atoms with van der Waals surface area (Å²) in [7, 11) is 1.83. The Balaban J connectivity index is 2.37. The molecule has 0 aliphatic rings. The van der Waals surface area contributed by atoms with Crippen LogP contribution >= 0.6 is 0 Å². The number of carboxylic acid groups (broad SMARTS) is 1. The van der Waals surface area contributed by atoms with Gasteiger partial charge < -0.3 is 10.4 Å². The van der Waals surface area contributed by atoms with Crippen LogP contribution in [-0.4, -0.2) is 26.8 Å². The molecule has 1 aromatic rings. The van der Waals surface area contributed by atoms with Gasteiger partial charge in [0.2, 0.25) is 5.91 Å². The van der Waals surface area contributed by atoms with Crippen molar-refractivity contribution >= 4 is 11.9 Å². The van der Waals surface area contributed by atoms with Crippen molar-refractivity contribution in [1.82, 2.24) is 15.1 Å². The van der Waals surface area contributed by atoms with Gasteiger partial charge in [0.05, 0.1) is 5.69 Å². The molecule has 1 aromatic heterocycles. The lowest BCUT2D eigenvalue weighted by atomic mass is 10.0. The number of aryl methyl sites for hydroxylation is 2. The minimum absolute atomic E-state index is 0.0132. The average molecular weight is 253 g/mol. The summed E-state index contributed by atoms with van der Waals surface area (Å²) in [6.45, 7) is 4.07. The highest BCUT2D eigenvalue weighted by Crippen LogP contribution is 2.08. The monoisotopic (exact) mass is 253 g/mol. The van der Waals surface area contributed by atoms with Gasteiger partial charge in [-0.25, -0.2) is 0 Å². The Morgan fingerprint density at radius 3 is 2.67 bits per heavy atom. The van der Waals surface area contributed by atoms with Gasteiger partial charge >= 0.3 is 5.97 Å². The molecular formula is C12H19N3O3. The van der Waals surface area contributed by atoms with Crippen molar-refractivity contribution in [1.29, 1.82) is 0 Å². The molecule has 1 amide bonds. The Morgan fingerprint density at radius 1 is 1.50 bits per heavy atom. The van der Waals surface area contributed by atoms with E-state index in [0.29, 0.717) is 6.54 Å². The van der Waals surface area contributed by atoms with Gasteiger partial charge in [0.1, 0.15) is 0 Å². The number of hydrogen-bond acceptors (Lipinski definition) is 3. The lowest BCUT2D eigenvalue weighted by Gasteiger charge is -2.08. The van der Waals surface area contributed by atoms with Crippen LogP contribution in [0.4, 0.5) is 0 Å². The second-order valence-electron chi connectivity index (χ2n) is 4.60. The minimum Gasteiger partial charge on any atom is -0.481 e. The van der Waals surface area contributed by atoms with Gasteiger partial charge in [-0.3, -0.25) is 14.3 Å². The maximum absolute atomic E-state index is 11.6. The lowest BCUT2D eigenvalue weighted by Crippen LogP contribution is -2.25. The summed E-state index contributed by atoms with van der Waals surface area (Å²) in [5.74, 6) is -1.16. The molecule has 1 unspecified atom stereocenters. The van der Waals surface area contributed by atoms with Crippen LogP contribution in [0, 0.1) is 12.8 Å². The molecule has 1 rings (SSSR count). The molecule has 0 bridgehead atoms. The summed E-state index contributed by atoms with van der Waals surface area (Å²) >= 11 is 0. The third-order valence-corrected chi connectivity index (χ3v) is 2.65. The maximum Gasteiger partial charge on any atom is 0.303 e. The number of aromatic nitrogens is 2. The summed E-state index contributed by atoms with van der Waals surface area (Å²) in [6.07, 6.45) is 2.10. The van der Waals surface area contributed by atoms with Crippen LogP contribution in [0.5, 0.6) is 0 Å². The standard InChI is InChI=1S/C12H19N3O3/c1-8(5-12(17)18)4-11(16)13-6-10-7-15(3)14-9(10)2/h7-8H,4-6H2,1-3H3,(H,13,16)(H,17,18). The Kier molecular flexibility index (Phi) is 4.88. The second-order valence-corrected chi connectivity index (χ2v) is 4.60. The molecule has 100 valence electrons. The minimum atomic E-state index is -0.876. The zero-order chi connectivity index (χ0) is 13.7. The molecular weight excluding hydrogens is 234 g/mol. The number of hydrogen-bond donors (Lipinski definition) is 2. The Bertz CT molecular complexity index is 440. The van der Waals surface area contributed by atoms with E-state index in [1.54, 1.807) is 11.6 Å². The van der Waals surface area contributed by atoms with E-state index in [0.717, 1.165) is 11.3 Å². The van der Waals surface area contributed by atoms with Gasteiger partial charge in [0.15, 0.2) is 0 Å². The van der Waals surface area contributed by atoms with E-state index in [2.05, 4.69) is 10.4 Å².